The minimum atomic E-state index is -0.477. The lowest BCUT2D eigenvalue weighted by Gasteiger charge is -2.03. The lowest BCUT2D eigenvalue weighted by Crippen LogP contribution is -2.12. The maximum atomic E-state index is 12.2. The summed E-state index contributed by atoms with van der Waals surface area (Å²) in [6.07, 6.45) is 1.55. The first-order valence-electron chi connectivity index (χ1n) is 6.32. The van der Waals surface area contributed by atoms with Crippen molar-refractivity contribution in [1.82, 2.24) is 9.36 Å². The van der Waals surface area contributed by atoms with Gasteiger partial charge < -0.3 is 5.32 Å². The number of pyridine rings is 1. The molecule has 0 aliphatic rings. The molecule has 22 heavy (non-hydrogen) atoms. The van der Waals surface area contributed by atoms with Crippen molar-refractivity contribution in [3.05, 3.63) is 57.9 Å². The van der Waals surface area contributed by atoms with Crippen molar-refractivity contribution >= 4 is 39.0 Å². The molecule has 0 saturated carbocycles. The Hall–Kier alpha value is -2.87. The van der Waals surface area contributed by atoms with E-state index >= 15 is 0 Å². The van der Waals surface area contributed by atoms with Gasteiger partial charge in [-0.15, -0.1) is 0 Å². The Kier molecular flexibility index (Phi) is 3.51. The van der Waals surface area contributed by atoms with E-state index in [4.69, 9.17) is 0 Å². The second-order valence-corrected chi connectivity index (χ2v) is 5.41. The van der Waals surface area contributed by atoms with Crippen LogP contribution >= 0.6 is 11.5 Å². The van der Waals surface area contributed by atoms with E-state index in [1.807, 2.05) is 0 Å². The number of nitrogens with zero attached hydrogens (tertiary/aromatic N) is 3. The van der Waals surface area contributed by atoms with Gasteiger partial charge in [0.15, 0.2) is 5.82 Å². The van der Waals surface area contributed by atoms with Crippen molar-refractivity contribution in [2.45, 2.75) is 6.92 Å². The summed E-state index contributed by atoms with van der Waals surface area (Å²) in [6.45, 7) is 1.79. The number of hydrogen-bond acceptors (Lipinski definition) is 6. The molecule has 8 heteroatoms. The molecule has 2 heterocycles. The molecule has 1 N–H and O–H groups in total. The van der Waals surface area contributed by atoms with Gasteiger partial charge in [-0.3, -0.25) is 19.9 Å². The first kappa shape index (κ1) is 14.1. The number of rotatable bonds is 3. The number of amides is 1. The molecule has 0 aliphatic heterocycles. The van der Waals surface area contributed by atoms with Crippen molar-refractivity contribution in [2.24, 2.45) is 0 Å². The second-order valence-electron chi connectivity index (χ2n) is 4.61. The van der Waals surface area contributed by atoms with Gasteiger partial charge in [0.2, 0.25) is 0 Å². The quantitative estimate of drug-likeness (QED) is 0.591. The highest BCUT2D eigenvalue weighted by molar-refractivity contribution is 7.13. The molecule has 3 aromatic rings. The Labute approximate surface area is 128 Å². The number of fused-ring (bicyclic) bond motifs is 1. The molecule has 0 saturated heterocycles. The molecular formula is C14H10N4O3S. The molecule has 7 nitrogen and oxygen atoms in total. The number of nitro groups is 1. The fourth-order valence-electron chi connectivity index (χ4n) is 2.00. The van der Waals surface area contributed by atoms with Crippen LogP contribution in [-0.2, 0) is 0 Å². The summed E-state index contributed by atoms with van der Waals surface area (Å²) in [6, 6.07) is 7.70. The molecule has 110 valence electrons. The predicted octanol–water partition coefficient (Wildman–Crippen LogP) is 3.16. The molecule has 0 bridgehead atoms. The number of hydrogen-bond donors (Lipinski definition) is 1. The Bertz CT molecular complexity index is 891. The largest absolute Gasteiger partial charge is 0.305 e. The number of nitrogens with one attached hydrogen (secondary N) is 1. The zero-order valence-electron chi connectivity index (χ0n) is 11.4. The molecule has 0 atom stereocenters. The SMILES string of the molecule is Cc1cc(C(=O)Nc2nsc3ccc([N+](=O)[O-])cc23)ccn1. The van der Waals surface area contributed by atoms with Gasteiger partial charge in [-0.05, 0) is 36.7 Å². The van der Waals surface area contributed by atoms with Crippen LogP contribution in [-0.4, -0.2) is 20.2 Å². The number of nitro benzene ring substituents is 1. The number of carbonyl (C=O) groups is 1. The van der Waals surface area contributed by atoms with E-state index in [-0.39, 0.29) is 11.6 Å². The van der Waals surface area contributed by atoms with E-state index in [2.05, 4.69) is 14.7 Å². The lowest BCUT2D eigenvalue weighted by molar-refractivity contribution is -0.384. The van der Waals surface area contributed by atoms with Crippen LogP contribution in [0.2, 0.25) is 0 Å². The minimum Gasteiger partial charge on any atom is -0.305 e. The van der Waals surface area contributed by atoms with Crippen molar-refractivity contribution in [1.29, 1.82) is 0 Å². The first-order chi connectivity index (χ1) is 10.5. The maximum absolute atomic E-state index is 12.2. The van der Waals surface area contributed by atoms with Crippen LogP contribution in [0.25, 0.3) is 10.1 Å². The van der Waals surface area contributed by atoms with Crippen molar-refractivity contribution in [3.8, 4) is 0 Å². The third kappa shape index (κ3) is 2.63. The average molecular weight is 314 g/mol. The Morgan fingerprint density at radius 1 is 1.32 bits per heavy atom. The minimum absolute atomic E-state index is 0.0389. The molecule has 2 aromatic heterocycles. The van der Waals surface area contributed by atoms with Gasteiger partial charge in [0.25, 0.3) is 11.6 Å². The van der Waals surface area contributed by atoms with Crippen LogP contribution in [0.3, 0.4) is 0 Å². The van der Waals surface area contributed by atoms with Crippen molar-refractivity contribution in [3.63, 3.8) is 0 Å². The molecular weight excluding hydrogens is 304 g/mol. The number of aromatic nitrogens is 2. The lowest BCUT2D eigenvalue weighted by atomic mass is 10.2. The average Bonchev–Trinajstić information content (AvgIpc) is 2.89. The third-order valence-electron chi connectivity index (χ3n) is 3.06. The fourth-order valence-corrected chi connectivity index (χ4v) is 2.71. The van der Waals surface area contributed by atoms with Gasteiger partial charge in [-0.1, -0.05) is 0 Å². The molecule has 0 fully saturated rings. The van der Waals surface area contributed by atoms with Crippen molar-refractivity contribution < 1.29 is 9.72 Å². The number of benzene rings is 1. The maximum Gasteiger partial charge on any atom is 0.270 e. The van der Waals surface area contributed by atoms with Crippen LogP contribution in [0.15, 0.2) is 36.5 Å². The first-order valence-corrected chi connectivity index (χ1v) is 7.10. The van der Waals surface area contributed by atoms with Crippen LogP contribution in [0.4, 0.5) is 11.5 Å². The fraction of sp³-hybridized carbons (Fsp3) is 0.0714. The third-order valence-corrected chi connectivity index (χ3v) is 3.88. The van der Waals surface area contributed by atoms with Gasteiger partial charge in [0, 0.05) is 35.0 Å². The van der Waals surface area contributed by atoms with Gasteiger partial charge >= 0.3 is 0 Å². The van der Waals surface area contributed by atoms with E-state index in [0.29, 0.717) is 16.8 Å². The Balaban J connectivity index is 1.95. The zero-order valence-corrected chi connectivity index (χ0v) is 12.3. The summed E-state index contributed by atoms with van der Waals surface area (Å²) in [7, 11) is 0. The van der Waals surface area contributed by atoms with Crippen LogP contribution in [0.5, 0.6) is 0 Å². The molecule has 1 aromatic carbocycles. The summed E-state index contributed by atoms with van der Waals surface area (Å²) in [5.41, 5.74) is 1.15. The molecule has 1 amide bonds. The van der Waals surface area contributed by atoms with Gasteiger partial charge in [-0.25, -0.2) is 0 Å². The summed E-state index contributed by atoms with van der Waals surface area (Å²) in [5, 5.41) is 14.1. The Morgan fingerprint density at radius 3 is 2.86 bits per heavy atom. The molecule has 0 aliphatic carbocycles. The summed E-state index contributed by atoms with van der Waals surface area (Å²) >= 11 is 1.18. The summed E-state index contributed by atoms with van der Waals surface area (Å²) in [4.78, 5) is 26.6. The van der Waals surface area contributed by atoms with Crippen molar-refractivity contribution in [2.75, 3.05) is 5.32 Å². The highest BCUT2D eigenvalue weighted by Gasteiger charge is 2.15. The number of aryl methyl sites for hydroxylation is 1. The van der Waals surface area contributed by atoms with Gasteiger partial charge in [0.05, 0.1) is 9.62 Å². The standard InChI is InChI=1S/C14H10N4O3S/c1-8-6-9(4-5-15-8)14(19)16-13-11-7-10(18(20)21)2-3-12(11)22-17-13/h2-7H,1H3,(H,16,17,19). The smallest absolute Gasteiger partial charge is 0.270 e. The van der Waals surface area contributed by atoms with E-state index in [1.54, 1.807) is 31.3 Å². The van der Waals surface area contributed by atoms with E-state index in [0.717, 1.165) is 10.4 Å². The molecule has 3 rings (SSSR count). The van der Waals surface area contributed by atoms with Gasteiger partial charge in [-0.2, -0.15) is 4.37 Å². The number of non-ortho nitro benzene ring substituents is 1. The highest BCUT2D eigenvalue weighted by Crippen LogP contribution is 2.30. The topological polar surface area (TPSA) is 98.0 Å². The zero-order chi connectivity index (χ0) is 15.7. The summed E-state index contributed by atoms with van der Waals surface area (Å²) in [5.74, 6) is -0.00706. The van der Waals surface area contributed by atoms with E-state index in [1.165, 1.54) is 23.7 Å². The van der Waals surface area contributed by atoms with Crippen LogP contribution < -0.4 is 5.32 Å². The van der Waals surface area contributed by atoms with Crippen LogP contribution in [0.1, 0.15) is 16.1 Å². The van der Waals surface area contributed by atoms with E-state index in [9.17, 15) is 14.9 Å². The molecule has 0 spiro atoms. The normalized spacial score (nSPS) is 10.6. The highest BCUT2D eigenvalue weighted by atomic mass is 32.1. The molecule has 0 radical (unpaired) electrons. The summed E-state index contributed by atoms with van der Waals surface area (Å²) < 4.78 is 4.93. The predicted molar refractivity (Wildman–Crippen MR) is 83.2 cm³/mol. The van der Waals surface area contributed by atoms with E-state index < -0.39 is 4.92 Å². The molecule has 0 unspecified atom stereocenters. The van der Waals surface area contributed by atoms with Gasteiger partial charge in [0.1, 0.15) is 0 Å². The van der Waals surface area contributed by atoms with Crippen LogP contribution in [0, 0.1) is 17.0 Å². The number of anilines is 1. The Morgan fingerprint density at radius 2 is 2.14 bits per heavy atom. The second kappa shape index (κ2) is 5.49. The monoisotopic (exact) mass is 314 g/mol. The number of carbonyl (C=O) groups excluding carboxylic acids is 1.